The molecule has 0 atom stereocenters. The maximum absolute atomic E-state index is 8.48. The van der Waals surface area contributed by atoms with Crippen LogP contribution in [0.1, 0.15) is 44.9 Å². The van der Waals surface area contributed by atoms with Gasteiger partial charge < -0.3 is 15.8 Å². The highest BCUT2D eigenvalue weighted by atomic mass is 16.4. The van der Waals surface area contributed by atoms with E-state index in [9.17, 15) is 0 Å². The lowest BCUT2D eigenvalue weighted by Crippen LogP contribution is -2.40. The van der Waals surface area contributed by atoms with Crippen molar-refractivity contribution >= 4 is 5.84 Å². The first-order valence-electron chi connectivity index (χ1n) is 6.43. The zero-order chi connectivity index (χ0) is 11.4. The maximum atomic E-state index is 8.48. The van der Waals surface area contributed by atoms with Crippen molar-refractivity contribution in [2.45, 2.75) is 44.9 Å². The fraction of sp³-hybridized carbons (Fsp3) is 0.917. The second-order valence-corrected chi connectivity index (χ2v) is 5.39. The van der Waals surface area contributed by atoms with Crippen molar-refractivity contribution in [2.75, 3.05) is 19.6 Å². The molecule has 1 saturated carbocycles. The number of hydrogen-bond donors (Lipinski definition) is 2. The lowest BCUT2D eigenvalue weighted by molar-refractivity contribution is 0.110. The highest BCUT2D eigenvalue weighted by Gasteiger charge is 2.36. The number of nitrogens with zero attached hydrogens (tertiary/aromatic N) is 2. The zero-order valence-corrected chi connectivity index (χ0v) is 9.99. The number of amidine groups is 1. The van der Waals surface area contributed by atoms with Crippen molar-refractivity contribution in [1.82, 2.24) is 4.90 Å². The summed E-state index contributed by atoms with van der Waals surface area (Å²) in [6.45, 7) is 3.32. The van der Waals surface area contributed by atoms with Crippen LogP contribution in [0, 0.1) is 5.41 Å². The molecule has 16 heavy (non-hydrogen) atoms. The van der Waals surface area contributed by atoms with Gasteiger partial charge in [0.05, 0.1) is 0 Å². The van der Waals surface area contributed by atoms with E-state index in [0.717, 1.165) is 6.54 Å². The molecule has 2 rings (SSSR count). The normalized spacial score (nSPS) is 26.4. The molecule has 2 fully saturated rings. The molecule has 0 bridgehead atoms. The highest BCUT2D eigenvalue weighted by Crippen LogP contribution is 2.45. The van der Waals surface area contributed by atoms with Gasteiger partial charge in [0, 0.05) is 13.0 Å². The second kappa shape index (κ2) is 5.04. The van der Waals surface area contributed by atoms with E-state index in [1.165, 1.54) is 51.6 Å². The van der Waals surface area contributed by atoms with E-state index in [1.807, 2.05) is 0 Å². The minimum Gasteiger partial charge on any atom is -0.409 e. The Morgan fingerprint density at radius 3 is 2.38 bits per heavy atom. The van der Waals surface area contributed by atoms with E-state index in [1.54, 1.807) is 0 Å². The van der Waals surface area contributed by atoms with E-state index < -0.39 is 0 Å². The smallest absolute Gasteiger partial charge is 0.140 e. The van der Waals surface area contributed by atoms with Gasteiger partial charge in [-0.2, -0.15) is 0 Å². The monoisotopic (exact) mass is 225 g/mol. The predicted molar refractivity (Wildman–Crippen MR) is 64.6 cm³/mol. The third-order valence-electron chi connectivity index (χ3n) is 4.39. The fourth-order valence-corrected chi connectivity index (χ4v) is 3.20. The number of nitrogens with two attached hydrogens (primary N) is 1. The van der Waals surface area contributed by atoms with E-state index in [0.29, 0.717) is 17.7 Å². The van der Waals surface area contributed by atoms with Crippen LogP contribution in [0.15, 0.2) is 5.16 Å². The van der Waals surface area contributed by atoms with Crippen LogP contribution in [0.25, 0.3) is 0 Å². The van der Waals surface area contributed by atoms with E-state index in [4.69, 9.17) is 10.9 Å². The molecule has 0 aromatic heterocycles. The summed E-state index contributed by atoms with van der Waals surface area (Å²) in [7, 11) is 0. The number of hydrogen-bond acceptors (Lipinski definition) is 3. The van der Waals surface area contributed by atoms with Crippen molar-refractivity contribution in [3.8, 4) is 0 Å². The molecule has 1 spiro atoms. The minimum absolute atomic E-state index is 0.348. The molecule has 0 amide bonds. The fourth-order valence-electron chi connectivity index (χ4n) is 3.20. The SMILES string of the molecule is NC(CCN1CCC2(CCCC2)CC1)=NO. The molecule has 1 aliphatic heterocycles. The lowest BCUT2D eigenvalue weighted by Gasteiger charge is -2.39. The van der Waals surface area contributed by atoms with Crippen molar-refractivity contribution in [2.24, 2.45) is 16.3 Å². The summed E-state index contributed by atoms with van der Waals surface area (Å²) >= 11 is 0. The van der Waals surface area contributed by atoms with Gasteiger partial charge in [0.2, 0.25) is 0 Å². The second-order valence-electron chi connectivity index (χ2n) is 5.39. The van der Waals surface area contributed by atoms with Crippen molar-refractivity contribution in [1.29, 1.82) is 0 Å². The first kappa shape index (κ1) is 11.7. The van der Waals surface area contributed by atoms with Gasteiger partial charge in [-0.15, -0.1) is 0 Å². The Hall–Kier alpha value is -0.770. The van der Waals surface area contributed by atoms with Gasteiger partial charge in [0.25, 0.3) is 0 Å². The van der Waals surface area contributed by atoms with Gasteiger partial charge in [-0.1, -0.05) is 18.0 Å². The molecule has 4 heteroatoms. The summed E-state index contributed by atoms with van der Waals surface area (Å²) in [5.41, 5.74) is 6.17. The molecular formula is C12H23N3O. The maximum Gasteiger partial charge on any atom is 0.140 e. The Labute approximate surface area is 97.5 Å². The highest BCUT2D eigenvalue weighted by molar-refractivity contribution is 5.79. The summed E-state index contributed by atoms with van der Waals surface area (Å²) < 4.78 is 0. The Balaban J connectivity index is 1.73. The van der Waals surface area contributed by atoms with Gasteiger partial charge in [0.15, 0.2) is 0 Å². The molecule has 4 nitrogen and oxygen atoms in total. The Bertz CT molecular complexity index is 249. The summed E-state index contributed by atoms with van der Waals surface area (Å²) in [4.78, 5) is 2.45. The predicted octanol–water partition coefficient (Wildman–Crippen LogP) is 1.78. The summed E-state index contributed by atoms with van der Waals surface area (Å²) in [6.07, 6.45) is 9.15. The Morgan fingerprint density at radius 2 is 1.81 bits per heavy atom. The summed E-state index contributed by atoms with van der Waals surface area (Å²) in [6, 6.07) is 0. The van der Waals surface area contributed by atoms with Crippen LogP contribution in [0.5, 0.6) is 0 Å². The van der Waals surface area contributed by atoms with Gasteiger partial charge in [0.1, 0.15) is 5.84 Å². The van der Waals surface area contributed by atoms with Crippen LogP contribution < -0.4 is 5.73 Å². The molecule has 92 valence electrons. The van der Waals surface area contributed by atoms with Crippen LogP contribution >= 0.6 is 0 Å². The largest absolute Gasteiger partial charge is 0.409 e. The van der Waals surface area contributed by atoms with Gasteiger partial charge >= 0.3 is 0 Å². The summed E-state index contributed by atoms with van der Waals surface area (Å²) in [5.74, 6) is 0.348. The quantitative estimate of drug-likeness (QED) is 0.333. The Kier molecular flexibility index (Phi) is 3.69. The molecule has 3 N–H and O–H groups in total. The zero-order valence-electron chi connectivity index (χ0n) is 9.99. The molecule has 2 aliphatic rings. The van der Waals surface area contributed by atoms with E-state index in [2.05, 4.69) is 10.1 Å². The minimum atomic E-state index is 0.348. The van der Waals surface area contributed by atoms with Gasteiger partial charge in [-0.05, 0) is 44.2 Å². The van der Waals surface area contributed by atoms with Crippen LogP contribution in [-0.4, -0.2) is 35.6 Å². The number of oxime groups is 1. The Morgan fingerprint density at radius 1 is 1.19 bits per heavy atom. The van der Waals surface area contributed by atoms with Crippen LogP contribution in [0.2, 0.25) is 0 Å². The number of piperidine rings is 1. The van der Waals surface area contributed by atoms with Crippen LogP contribution in [0.3, 0.4) is 0 Å². The third kappa shape index (κ3) is 2.67. The summed E-state index contributed by atoms with van der Waals surface area (Å²) in [5, 5.41) is 11.5. The molecule has 1 heterocycles. The van der Waals surface area contributed by atoms with Crippen LogP contribution in [0.4, 0.5) is 0 Å². The van der Waals surface area contributed by atoms with Gasteiger partial charge in [-0.3, -0.25) is 0 Å². The van der Waals surface area contributed by atoms with E-state index >= 15 is 0 Å². The van der Waals surface area contributed by atoms with Crippen molar-refractivity contribution in [3.05, 3.63) is 0 Å². The molecular weight excluding hydrogens is 202 g/mol. The van der Waals surface area contributed by atoms with Crippen molar-refractivity contribution < 1.29 is 5.21 Å². The topological polar surface area (TPSA) is 61.8 Å². The lowest BCUT2D eigenvalue weighted by atomic mass is 9.77. The number of likely N-dealkylation sites (tertiary alicyclic amines) is 1. The van der Waals surface area contributed by atoms with Crippen LogP contribution in [-0.2, 0) is 0 Å². The average Bonchev–Trinajstić information content (AvgIpc) is 2.77. The van der Waals surface area contributed by atoms with Crippen molar-refractivity contribution in [3.63, 3.8) is 0 Å². The molecule has 0 radical (unpaired) electrons. The van der Waals surface area contributed by atoms with E-state index in [-0.39, 0.29) is 0 Å². The molecule has 0 aromatic carbocycles. The average molecular weight is 225 g/mol. The first-order valence-corrected chi connectivity index (χ1v) is 6.43. The molecule has 0 unspecified atom stereocenters. The molecule has 1 saturated heterocycles. The van der Waals surface area contributed by atoms with Gasteiger partial charge in [-0.25, -0.2) is 0 Å². The molecule has 1 aliphatic carbocycles. The first-order chi connectivity index (χ1) is 7.74. The molecule has 0 aromatic rings. The number of rotatable bonds is 3. The standard InChI is InChI=1S/C12H23N3O/c13-11(14-16)3-8-15-9-6-12(7-10-15)4-1-2-5-12/h16H,1-10H2,(H2,13,14). The third-order valence-corrected chi connectivity index (χ3v) is 4.39.